The fourth-order valence-corrected chi connectivity index (χ4v) is 4.17. The molecule has 1 N–H and O–H groups in total. The van der Waals surface area contributed by atoms with E-state index in [2.05, 4.69) is 32.1 Å². The quantitative estimate of drug-likeness (QED) is 0.809. The van der Waals surface area contributed by atoms with Crippen LogP contribution in [-0.2, 0) is 5.41 Å². The van der Waals surface area contributed by atoms with Gasteiger partial charge in [0.1, 0.15) is 0 Å². The lowest BCUT2D eigenvalue weighted by atomic mass is 9.74. The predicted molar refractivity (Wildman–Crippen MR) is 96.1 cm³/mol. The summed E-state index contributed by atoms with van der Waals surface area (Å²) in [5.41, 5.74) is 3.60. The first kappa shape index (κ1) is 15.9. The van der Waals surface area contributed by atoms with Crippen LogP contribution >= 0.6 is 11.8 Å². The van der Waals surface area contributed by atoms with Gasteiger partial charge in [0.2, 0.25) is 0 Å². The SMILES string of the molecule is Cc1c(C(=O)O)ccc2c1C(Sc1ccccc1)=CCC2(C)C. The van der Waals surface area contributed by atoms with Crippen LogP contribution in [0.5, 0.6) is 0 Å². The van der Waals surface area contributed by atoms with Gasteiger partial charge in [0.05, 0.1) is 5.56 Å². The predicted octanol–water partition coefficient (Wildman–Crippen LogP) is 5.51. The van der Waals surface area contributed by atoms with E-state index in [0.29, 0.717) is 5.56 Å². The summed E-state index contributed by atoms with van der Waals surface area (Å²) in [7, 11) is 0. The molecular weight excluding hydrogens is 304 g/mol. The Balaban J connectivity index is 2.13. The number of carboxylic acid groups (broad SMARTS) is 1. The van der Waals surface area contributed by atoms with Crippen LogP contribution < -0.4 is 0 Å². The minimum absolute atomic E-state index is 0.0257. The average Bonchev–Trinajstić information content (AvgIpc) is 2.51. The molecule has 0 amide bonds. The van der Waals surface area contributed by atoms with Crippen LogP contribution in [0, 0.1) is 6.92 Å². The van der Waals surface area contributed by atoms with E-state index in [9.17, 15) is 9.90 Å². The first-order chi connectivity index (χ1) is 10.9. The lowest BCUT2D eigenvalue weighted by Gasteiger charge is -2.33. The zero-order valence-corrected chi connectivity index (χ0v) is 14.4. The van der Waals surface area contributed by atoms with Gasteiger partial charge in [0.15, 0.2) is 0 Å². The van der Waals surface area contributed by atoms with E-state index < -0.39 is 5.97 Å². The smallest absolute Gasteiger partial charge is 0.335 e. The number of carboxylic acids is 1. The monoisotopic (exact) mass is 324 g/mol. The second-order valence-electron chi connectivity index (χ2n) is 6.54. The normalized spacial score (nSPS) is 15.7. The highest BCUT2D eigenvalue weighted by atomic mass is 32.2. The summed E-state index contributed by atoms with van der Waals surface area (Å²) in [6.07, 6.45) is 3.21. The second-order valence-corrected chi connectivity index (χ2v) is 7.65. The molecule has 0 unspecified atom stereocenters. The van der Waals surface area contributed by atoms with Gasteiger partial charge < -0.3 is 5.11 Å². The minimum Gasteiger partial charge on any atom is -0.478 e. The maximum absolute atomic E-state index is 11.5. The fourth-order valence-electron chi connectivity index (χ4n) is 3.09. The summed E-state index contributed by atoms with van der Waals surface area (Å²) in [5, 5.41) is 9.45. The van der Waals surface area contributed by atoms with E-state index in [0.717, 1.165) is 22.5 Å². The highest BCUT2D eigenvalue weighted by molar-refractivity contribution is 8.08. The van der Waals surface area contributed by atoms with Crippen LogP contribution in [0.1, 0.15) is 47.3 Å². The molecule has 2 nitrogen and oxygen atoms in total. The number of benzene rings is 2. The molecule has 0 bridgehead atoms. The summed E-state index contributed by atoms with van der Waals surface area (Å²) in [4.78, 5) is 13.8. The molecule has 3 rings (SSSR count). The van der Waals surface area contributed by atoms with Crippen molar-refractivity contribution in [2.45, 2.75) is 37.5 Å². The molecule has 0 heterocycles. The Morgan fingerprint density at radius 2 is 1.83 bits per heavy atom. The molecule has 0 saturated carbocycles. The number of carbonyl (C=O) groups is 1. The number of rotatable bonds is 3. The zero-order chi connectivity index (χ0) is 16.6. The molecule has 1 aliphatic rings. The van der Waals surface area contributed by atoms with Gasteiger partial charge in [-0.05, 0) is 53.6 Å². The van der Waals surface area contributed by atoms with Crippen molar-refractivity contribution in [3.8, 4) is 0 Å². The molecule has 2 aromatic carbocycles. The van der Waals surface area contributed by atoms with Gasteiger partial charge in [-0.1, -0.05) is 56.0 Å². The molecule has 3 heteroatoms. The van der Waals surface area contributed by atoms with E-state index in [4.69, 9.17) is 0 Å². The van der Waals surface area contributed by atoms with E-state index in [-0.39, 0.29) is 5.41 Å². The van der Waals surface area contributed by atoms with Gasteiger partial charge in [-0.15, -0.1) is 0 Å². The summed E-state index contributed by atoms with van der Waals surface area (Å²) in [5.74, 6) is -0.863. The van der Waals surface area contributed by atoms with Crippen molar-refractivity contribution in [3.05, 3.63) is 70.8 Å². The Morgan fingerprint density at radius 1 is 1.13 bits per heavy atom. The van der Waals surface area contributed by atoms with Crippen LogP contribution in [-0.4, -0.2) is 11.1 Å². The first-order valence-electron chi connectivity index (χ1n) is 7.71. The van der Waals surface area contributed by atoms with Crippen LogP contribution in [0.4, 0.5) is 0 Å². The van der Waals surface area contributed by atoms with E-state index >= 15 is 0 Å². The third kappa shape index (κ3) is 2.93. The largest absolute Gasteiger partial charge is 0.478 e. The highest BCUT2D eigenvalue weighted by Crippen LogP contribution is 2.47. The van der Waals surface area contributed by atoms with Gasteiger partial charge in [0.25, 0.3) is 0 Å². The number of aromatic carboxylic acids is 1. The third-order valence-electron chi connectivity index (χ3n) is 4.44. The fraction of sp³-hybridized carbons (Fsp3) is 0.250. The molecule has 0 radical (unpaired) electrons. The van der Waals surface area contributed by atoms with Gasteiger partial charge in [-0.3, -0.25) is 0 Å². The Kier molecular flexibility index (Phi) is 4.07. The summed E-state index contributed by atoms with van der Waals surface area (Å²) >= 11 is 1.71. The zero-order valence-electron chi connectivity index (χ0n) is 13.6. The minimum atomic E-state index is -0.863. The lowest BCUT2D eigenvalue weighted by Crippen LogP contribution is -2.22. The van der Waals surface area contributed by atoms with Crippen molar-refractivity contribution >= 4 is 22.6 Å². The topological polar surface area (TPSA) is 37.3 Å². The molecule has 0 spiro atoms. The molecule has 2 aromatic rings. The molecule has 0 aromatic heterocycles. The van der Waals surface area contributed by atoms with Crippen LogP contribution in [0.25, 0.3) is 4.91 Å². The number of fused-ring (bicyclic) bond motifs is 1. The first-order valence-corrected chi connectivity index (χ1v) is 8.52. The Bertz CT molecular complexity index is 789. The maximum Gasteiger partial charge on any atom is 0.335 e. The van der Waals surface area contributed by atoms with Crippen LogP contribution in [0.15, 0.2) is 53.4 Å². The Hall–Kier alpha value is -2.00. The molecule has 23 heavy (non-hydrogen) atoms. The van der Waals surface area contributed by atoms with Gasteiger partial charge in [0, 0.05) is 9.80 Å². The number of allylic oxidation sites excluding steroid dienone is 1. The Labute approximate surface area is 141 Å². The molecule has 0 atom stereocenters. The summed E-state index contributed by atoms with van der Waals surface area (Å²) < 4.78 is 0. The van der Waals surface area contributed by atoms with Crippen molar-refractivity contribution in [3.63, 3.8) is 0 Å². The van der Waals surface area contributed by atoms with E-state index in [1.54, 1.807) is 17.8 Å². The molecule has 0 saturated heterocycles. The number of hydrogen-bond donors (Lipinski definition) is 1. The number of thioether (sulfide) groups is 1. The molecule has 118 valence electrons. The van der Waals surface area contributed by atoms with Crippen molar-refractivity contribution in [1.29, 1.82) is 0 Å². The number of hydrogen-bond acceptors (Lipinski definition) is 2. The van der Waals surface area contributed by atoms with Crippen LogP contribution in [0.2, 0.25) is 0 Å². The second kappa shape index (κ2) is 5.89. The van der Waals surface area contributed by atoms with Crippen molar-refractivity contribution in [1.82, 2.24) is 0 Å². The molecule has 0 fully saturated rings. The van der Waals surface area contributed by atoms with Gasteiger partial charge >= 0.3 is 5.97 Å². The van der Waals surface area contributed by atoms with Crippen molar-refractivity contribution < 1.29 is 9.90 Å². The molecule has 0 aliphatic heterocycles. The van der Waals surface area contributed by atoms with Crippen molar-refractivity contribution in [2.75, 3.05) is 0 Å². The average molecular weight is 324 g/mol. The molecule has 1 aliphatic carbocycles. The van der Waals surface area contributed by atoms with Gasteiger partial charge in [-0.2, -0.15) is 0 Å². The van der Waals surface area contributed by atoms with Gasteiger partial charge in [-0.25, -0.2) is 4.79 Å². The maximum atomic E-state index is 11.5. The summed E-state index contributed by atoms with van der Waals surface area (Å²) in [6.45, 7) is 6.35. The lowest BCUT2D eigenvalue weighted by molar-refractivity contribution is 0.0696. The van der Waals surface area contributed by atoms with Crippen molar-refractivity contribution in [2.24, 2.45) is 0 Å². The third-order valence-corrected chi connectivity index (χ3v) is 5.54. The van der Waals surface area contributed by atoms with E-state index in [1.807, 2.05) is 31.2 Å². The standard InChI is InChI=1S/C20H20O2S/c1-13-15(19(21)22)9-10-16-18(13)17(11-12-20(16,2)3)23-14-7-5-4-6-8-14/h4-11H,12H2,1-3H3,(H,21,22). The molecular formula is C20H20O2S. The Morgan fingerprint density at radius 3 is 2.48 bits per heavy atom. The summed E-state index contributed by atoms with van der Waals surface area (Å²) in [6, 6.07) is 14.0. The van der Waals surface area contributed by atoms with Crippen LogP contribution in [0.3, 0.4) is 0 Å². The highest BCUT2D eigenvalue weighted by Gasteiger charge is 2.31. The van der Waals surface area contributed by atoms with E-state index in [1.165, 1.54) is 10.5 Å².